The molecule has 0 aliphatic heterocycles. The topological polar surface area (TPSA) is 72.2 Å². The molecule has 2 rings (SSSR count). The van der Waals surface area contributed by atoms with Crippen LogP contribution in [0.2, 0.25) is 0 Å². The lowest BCUT2D eigenvalue weighted by Gasteiger charge is -2.28. The van der Waals surface area contributed by atoms with Gasteiger partial charge in [-0.2, -0.15) is 0 Å². The van der Waals surface area contributed by atoms with Gasteiger partial charge in [0.2, 0.25) is 10.0 Å². The highest BCUT2D eigenvalue weighted by molar-refractivity contribution is 7.89. The minimum Gasteiger partial charge on any atom is -0.327 e. The Hall–Kier alpha value is -0.130. The Bertz CT molecular complexity index is 325. The molecule has 2 atom stereocenters. The van der Waals surface area contributed by atoms with Gasteiger partial charge < -0.3 is 5.73 Å². The van der Waals surface area contributed by atoms with Crippen LogP contribution in [-0.2, 0) is 10.0 Å². The zero-order valence-electron chi connectivity index (χ0n) is 9.69. The summed E-state index contributed by atoms with van der Waals surface area (Å²) in [6.45, 7) is 0.538. The first-order chi connectivity index (χ1) is 7.57. The Morgan fingerprint density at radius 1 is 1.12 bits per heavy atom. The normalized spacial score (nSPS) is 31.6. The average Bonchev–Trinajstić information content (AvgIpc) is 3.00. The summed E-state index contributed by atoms with van der Waals surface area (Å²) >= 11 is 0. The van der Waals surface area contributed by atoms with E-state index in [1.807, 2.05) is 0 Å². The predicted octanol–water partition coefficient (Wildman–Crippen LogP) is 0.833. The van der Waals surface area contributed by atoms with Crippen LogP contribution in [0.1, 0.15) is 38.5 Å². The quantitative estimate of drug-likeness (QED) is 0.755. The second-order valence-corrected chi connectivity index (χ2v) is 7.13. The van der Waals surface area contributed by atoms with E-state index < -0.39 is 10.0 Å². The van der Waals surface area contributed by atoms with E-state index in [1.54, 1.807) is 0 Å². The molecule has 0 aromatic carbocycles. The van der Waals surface area contributed by atoms with Gasteiger partial charge in [0, 0.05) is 12.6 Å². The minimum absolute atomic E-state index is 0.178. The van der Waals surface area contributed by atoms with Crippen molar-refractivity contribution in [1.82, 2.24) is 4.72 Å². The first-order valence-electron chi connectivity index (χ1n) is 6.30. The molecular weight excluding hydrogens is 224 g/mol. The molecular formula is C11H22N2O2S. The molecule has 0 amide bonds. The molecule has 2 aliphatic rings. The Labute approximate surface area is 98.0 Å². The van der Waals surface area contributed by atoms with Gasteiger partial charge >= 0.3 is 0 Å². The first-order valence-corrected chi connectivity index (χ1v) is 7.95. The van der Waals surface area contributed by atoms with E-state index >= 15 is 0 Å². The number of nitrogens with two attached hydrogens (primary N) is 1. The van der Waals surface area contributed by atoms with E-state index in [1.165, 1.54) is 12.8 Å². The zero-order chi connectivity index (χ0) is 11.6. The van der Waals surface area contributed by atoms with Gasteiger partial charge in [0.25, 0.3) is 0 Å². The molecule has 0 bridgehead atoms. The van der Waals surface area contributed by atoms with Gasteiger partial charge in [-0.15, -0.1) is 0 Å². The summed E-state index contributed by atoms with van der Waals surface area (Å²) in [5.41, 5.74) is 5.99. The number of sulfonamides is 1. The maximum Gasteiger partial charge on any atom is 0.211 e. The molecule has 2 fully saturated rings. The molecule has 0 saturated heterocycles. The second-order valence-electron chi connectivity index (χ2n) is 5.28. The number of hydrogen-bond donors (Lipinski definition) is 2. The maximum atomic E-state index is 11.7. The number of rotatable bonds is 5. The van der Waals surface area contributed by atoms with Crippen molar-refractivity contribution in [2.24, 2.45) is 17.6 Å². The van der Waals surface area contributed by atoms with Crippen molar-refractivity contribution in [1.29, 1.82) is 0 Å². The number of nitrogens with one attached hydrogen (secondary N) is 1. The van der Waals surface area contributed by atoms with Crippen LogP contribution in [-0.4, -0.2) is 26.8 Å². The predicted molar refractivity (Wildman–Crippen MR) is 64.4 cm³/mol. The summed E-state index contributed by atoms with van der Waals surface area (Å²) in [7, 11) is -3.05. The summed E-state index contributed by atoms with van der Waals surface area (Å²) in [4.78, 5) is 0. The SMILES string of the molecule is NC1CCCCC1CNS(=O)(=O)CC1CC1. The Balaban J connectivity index is 1.76. The van der Waals surface area contributed by atoms with Gasteiger partial charge in [-0.05, 0) is 37.5 Å². The zero-order valence-corrected chi connectivity index (χ0v) is 10.5. The van der Waals surface area contributed by atoms with E-state index in [2.05, 4.69) is 4.72 Å². The molecule has 4 nitrogen and oxygen atoms in total. The van der Waals surface area contributed by atoms with Crippen molar-refractivity contribution >= 4 is 10.0 Å². The molecule has 3 N–H and O–H groups in total. The van der Waals surface area contributed by atoms with Gasteiger partial charge in [-0.25, -0.2) is 13.1 Å². The van der Waals surface area contributed by atoms with Gasteiger partial charge in [-0.3, -0.25) is 0 Å². The standard InChI is InChI=1S/C11H22N2O2S/c12-11-4-2-1-3-10(11)7-13-16(14,15)8-9-5-6-9/h9-11,13H,1-8,12H2. The van der Waals surface area contributed by atoms with Crippen LogP contribution in [0.4, 0.5) is 0 Å². The molecule has 94 valence electrons. The highest BCUT2D eigenvalue weighted by Gasteiger charge is 2.29. The Kier molecular flexibility index (Phi) is 3.87. The summed E-state index contributed by atoms with van der Waals surface area (Å²) in [5.74, 6) is 1.06. The molecule has 2 unspecified atom stereocenters. The van der Waals surface area contributed by atoms with Gasteiger partial charge in [-0.1, -0.05) is 12.8 Å². The molecule has 0 radical (unpaired) electrons. The summed E-state index contributed by atoms with van der Waals surface area (Å²) in [5, 5.41) is 0. The highest BCUT2D eigenvalue weighted by Crippen LogP contribution is 2.30. The second kappa shape index (κ2) is 5.02. The van der Waals surface area contributed by atoms with Crippen LogP contribution < -0.4 is 10.5 Å². The monoisotopic (exact) mass is 246 g/mol. The van der Waals surface area contributed by atoms with Crippen LogP contribution in [0.25, 0.3) is 0 Å². The van der Waals surface area contributed by atoms with Crippen molar-refractivity contribution in [3.63, 3.8) is 0 Å². The van der Waals surface area contributed by atoms with Crippen LogP contribution in [0.3, 0.4) is 0 Å². The van der Waals surface area contributed by atoms with Gasteiger partial charge in [0.05, 0.1) is 5.75 Å². The summed E-state index contributed by atoms with van der Waals surface area (Å²) < 4.78 is 26.1. The van der Waals surface area contributed by atoms with Crippen molar-refractivity contribution in [2.45, 2.75) is 44.6 Å². The van der Waals surface area contributed by atoms with Crippen LogP contribution >= 0.6 is 0 Å². The third kappa shape index (κ3) is 3.71. The van der Waals surface area contributed by atoms with E-state index in [-0.39, 0.29) is 6.04 Å². The average molecular weight is 246 g/mol. The Morgan fingerprint density at radius 3 is 2.44 bits per heavy atom. The van der Waals surface area contributed by atoms with E-state index in [0.29, 0.717) is 24.1 Å². The largest absolute Gasteiger partial charge is 0.327 e. The molecule has 0 aromatic heterocycles. The van der Waals surface area contributed by atoms with Crippen LogP contribution in [0.15, 0.2) is 0 Å². The van der Waals surface area contributed by atoms with Gasteiger partial charge in [0.1, 0.15) is 0 Å². The van der Waals surface area contributed by atoms with E-state index in [9.17, 15) is 8.42 Å². The molecule has 0 heterocycles. The fourth-order valence-corrected chi connectivity index (χ4v) is 3.92. The molecule has 0 aromatic rings. The van der Waals surface area contributed by atoms with Crippen LogP contribution in [0.5, 0.6) is 0 Å². The fourth-order valence-electron chi connectivity index (χ4n) is 2.38. The lowest BCUT2D eigenvalue weighted by atomic mass is 9.85. The van der Waals surface area contributed by atoms with Crippen molar-refractivity contribution < 1.29 is 8.42 Å². The van der Waals surface area contributed by atoms with Gasteiger partial charge in [0.15, 0.2) is 0 Å². The molecule has 2 aliphatic carbocycles. The summed E-state index contributed by atoms with van der Waals surface area (Å²) in [6.07, 6.45) is 6.62. The smallest absolute Gasteiger partial charge is 0.211 e. The third-order valence-electron chi connectivity index (χ3n) is 3.69. The number of hydrogen-bond acceptors (Lipinski definition) is 3. The van der Waals surface area contributed by atoms with Crippen molar-refractivity contribution in [3.8, 4) is 0 Å². The van der Waals surface area contributed by atoms with Crippen LogP contribution in [0, 0.1) is 11.8 Å². The van der Waals surface area contributed by atoms with E-state index in [0.717, 1.165) is 25.7 Å². The molecule has 5 heteroatoms. The first kappa shape index (κ1) is 12.3. The van der Waals surface area contributed by atoms with Crippen molar-refractivity contribution in [3.05, 3.63) is 0 Å². The molecule has 0 spiro atoms. The minimum atomic E-state index is -3.05. The highest BCUT2D eigenvalue weighted by atomic mass is 32.2. The summed E-state index contributed by atoms with van der Waals surface area (Å²) in [6, 6.07) is 0.178. The maximum absolute atomic E-state index is 11.7. The lowest BCUT2D eigenvalue weighted by Crippen LogP contribution is -2.41. The third-order valence-corrected chi connectivity index (χ3v) is 5.20. The molecule has 16 heavy (non-hydrogen) atoms. The molecule has 2 saturated carbocycles. The Morgan fingerprint density at radius 2 is 1.81 bits per heavy atom. The fraction of sp³-hybridized carbons (Fsp3) is 1.00. The van der Waals surface area contributed by atoms with E-state index in [4.69, 9.17) is 5.73 Å². The van der Waals surface area contributed by atoms with Crippen molar-refractivity contribution in [2.75, 3.05) is 12.3 Å². The lowest BCUT2D eigenvalue weighted by molar-refractivity contribution is 0.308.